The van der Waals surface area contributed by atoms with Crippen LogP contribution in [0.1, 0.15) is 23.4 Å². The minimum Gasteiger partial charge on any atom is -0.493 e. The molecule has 0 radical (unpaired) electrons. The molecule has 0 spiro atoms. The van der Waals surface area contributed by atoms with Gasteiger partial charge in [0.2, 0.25) is 11.7 Å². The maximum absolute atomic E-state index is 12.2. The van der Waals surface area contributed by atoms with Gasteiger partial charge in [-0.3, -0.25) is 9.89 Å². The van der Waals surface area contributed by atoms with Gasteiger partial charge in [-0.15, -0.1) is 0 Å². The molecule has 1 amide bonds. The van der Waals surface area contributed by atoms with Crippen molar-refractivity contribution >= 4 is 11.6 Å². The number of carbonyl (C=O) groups is 1. The number of carbonyl (C=O) groups excluding carboxylic acids is 1. The Bertz CT molecular complexity index is 680. The number of nitrogens with one attached hydrogen (secondary N) is 2. The second-order valence-corrected chi connectivity index (χ2v) is 5.37. The number of H-pyrrole nitrogens is 1. The first kappa shape index (κ1) is 17.7. The molecule has 0 aliphatic carbocycles. The molecule has 7 nitrogen and oxygen atoms in total. The van der Waals surface area contributed by atoms with Crippen molar-refractivity contribution in [3.8, 4) is 17.2 Å². The predicted octanol–water partition coefficient (Wildman–Crippen LogP) is 2.62. The minimum absolute atomic E-state index is 0.0933. The van der Waals surface area contributed by atoms with E-state index in [4.69, 9.17) is 14.2 Å². The first-order valence-electron chi connectivity index (χ1n) is 7.60. The summed E-state index contributed by atoms with van der Waals surface area (Å²) >= 11 is 0. The Balaban J connectivity index is 2.08. The Morgan fingerprint density at radius 3 is 2.21 bits per heavy atom. The van der Waals surface area contributed by atoms with E-state index in [0.29, 0.717) is 35.8 Å². The third kappa shape index (κ3) is 3.79. The number of hydrogen-bond acceptors (Lipinski definition) is 5. The van der Waals surface area contributed by atoms with Crippen molar-refractivity contribution in [1.29, 1.82) is 0 Å². The van der Waals surface area contributed by atoms with Crippen molar-refractivity contribution in [3.63, 3.8) is 0 Å². The average Bonchev–Trinajstić information content (AvgIpc) is 2.90. The molecule has 1 heterocycles. The van der Waals surface area contributed by atoms with E-state index in [1.807, 2.05) is 13.8 Å². The number of rotatable bonds is 7. The van der Waals surface area contributed by atoms with Gasteiger partial charge in [-0.2, -0.15) is 5.10 Å². The number of anilines is 1. The van der Waals surface area contributed by atoms with Crippen molar-refractivity contribution in [3.05, 3.63) is 29.1 Å². The lowest BCUT2D eigenvalue weighted by Gasteiger charge is -2.14. The summed E-state index contributed by atoms with van der Waals surface area (Å²) in [5.74, 6) is 1.38. The minimum atomic E-state index is -0.0933. The van der Waals surface area contributed by atoms with E-state index in [2.05, 4.69) is 15.5 Å². The Morgan fingerprint density at radius 1 is 1.12 bits per heavy atom. The second kappa shape index (κ2) is 7.72. The van der Waals surface area contributed by atoms with E-state index in [9.17, 15) is 4.79 Å². The third-order valence-corrected chi connectivity index (χ3v) is 3.83. The van der Waals surface area contributed by atoms with Crippen molar-refractivity contribution in [2.75, 3.05) is 26.6 Å². The van der Waals surface area contributed by atoms with Crippen LogP contribution in [0.25, 0.3) is 0 Å². The average molecular weight is 333 g/mol. The largest absolute Gasteiger partial charge is 0.493 e. The van der Waals surface area contributed by atoms with Crippen molar-refractivity contribution in [2.24, 2.45) is 0 Å². The van der Waals surface area contributed by atoms with E-state index in [-0.39, 0.29) is 5.91 Å². The van der Waals surface area contributed by atoms with Crippen LogP contribution in [0.4, 0.5) is 5.69 Å². The zero-order valence-electron chi connectivity index (χ0n) is 14.6. The standard InChI is InChI=1S/C17H23N3O4/c1-10-13(11(2)20-19-10)6-7-16(21)18-12-8-14(22-3)17(24-5)15(9-12)23-4/h8-9H,6-7H2,1-5H3,(H,18,21)(H,19,20). The zero-order valence-corrected chi connectivity index (χ0v) is 14.6. The fraction of sp³-hybridized carbons (Fsp3) is 0.412. The van der Waals surface area contributed by atoms with Gasteiger partial charge in [0.1, 0.15) is 0 Å². The van der Waals surface area contributed by atoms with E-state index in [1.54, 1.807) is 12.1 Å². The Hall–Kier alpha value is -2.70. The normalized spacial score (nSPS) is 10.4. The summed E-state index contributed by atoms with van der Waals surface area (Å²) < 4.78 is 15.8. The molecule has 2 rings (SSSR count). The van der Waals surface area contributed by atoms with Crippen molar-refractivity contribution < 1.29 is 19.0 Å². The lowest BCUT2D eigenvalue weighted by Crippen LogP contribution is -2.13. The van der Waals surface area contributed by atoms with E-state index in [1.165, 1.54) is 21.3 Å². The molecule has 2 aromatic rings. The summed E-state index contributed by atoms with van der Waals surface area (Å²) in [6.45, 7) is 3.88. The van der Waals surface area contributed by atoms with Crippen molar-refractivity contribution in [1.82, 2.24) is 10.2 Å². The molecule has 0 aliphatic rings. The summed E-state index contributed by atoms with van der Waals surface area (Å²) in [5.41, 5.74) is 3.59. The zero-order chi connectivity index (χ0) is 17.7. The summed E-state index contributed by atoms with van der Waals surface area (Å²) in [7, 11) is 4.61. The quantitative estimate of drug-likeness (QED) is 0.813. The highest BCUT2D eigenvalue weighted by molar-refractivity contribution is 5.91. The monoisotopic (exact) mass is 333 g/mol. The molecule has 0 aliphatic heterocycles. The second-order valence-electron chi connectivity index (χ2n) is 5.37. The molecule has 0 saturated heterocycles. The number of aromatic amines is 1. The lowest BCUT2D eigenvalue weighted by atomic mass is 10.1. The summed E-state index contributed by atoms with van der Waals surface area (Å²) in [6, 6.07) is 3.40. The van der Waals surface area contributed by atoms with Crippen LogP contribution in [-0.2, 0) is 11.2 Å². The van der Waals surface area contributed by atoms with Crippen LogP contribution in [0, 0.1) is 13.8 Å². The summed E-state index contributed by atoms with van der Waals surface area (Å²) in [6.07, 6.45) is 0.988. The number of aryl methyl sites for hydroxylation is 2. The SMILES string of the molecule is COc1cc(NC(=O)CCc2c(C)n[nH]c2C)cc(OC)c1OC. The summed E-state index contributed by atoms with van der Waals surface area (Å²) in [5, 5.41) is 9.92. The molecule has 130 valence electrons. The third-order valence-electron chi connectivity index (χ3n) is 3.83. The first-order chi connectivity index (χ1) is 11.5. The highest BCUT2D eigenvalue weighted by Gasteiger charge is 2.15. The topological polar surface area (TPSA) is 85.5 Å². The van der Waals surface area contributed by atoms with Gasteiger partial charge in [0.05, 0.1) is 27.0 Å². The highest BCUT2D eigenvalue weighted by Crippen LogP contribution is 2.39. The Morgan fingerprint density at radius 2 is 1.75 bits per heavy atom. The number of amides is 1. The number of ether oxygens (including phenoxy) is 3. The van der Waals surface area contributed by atoms with Gasteiger partial charge in [-0.05, 0) is 25.8 Å². The maximum atomic E-state index is 12.2. The number of nitrogens with zero attached hydrogens (tertiary/aromatic N) is 1. The van der Waals surface area contributed by atoms with Gasteiger partial charge in [-0.25, -0.2) is 0 Å². The number of aromatic nitrogens is 2. The van der Waals surface area contributed by atoms with Crippen LogP contribution < -0.4 is 19.5 Å². The molecule has 1 aromatic heterocycles. The van der Waals surface area contributed by atoms with Crippen LogP contribution in [0.5, 0.6) is 17.2 Å². The molecular formula is C17H23N3O4. The first-order valence-corrected chi connectivity index (χ1v) is 7.60. The summed E-state index contributed by atoms with van der Waals surface area (Å²) in [4.78, 5) is 12.2. The van der Waals surface area contributed by atoms with Gasteiger partial charge >= 0.3 is 0 Å². The number of hydrogen-bond donors (Lipinski definition) is 2. The molecule has 0 atom stereocenters. The van der Waals surface area contributed by atoms with E-state index in [0.717, 1.165) is 17.0 Å². The van der Waals surface area contributed by atoms with Crippen LogP contribution >= 0.6 is 0 Å². The van der Waals surface area contributed by atoms with E-state index < -0.39 is 0 Å². The van der Waals surface area contributed by atoms with Crippen LogP contribution in [-0.4, -0.2) is 37.4 Å². The molecule has 0 saturated carbocycles. The number of benzene rings is 1. The molecule has 1 aromatic carbocycles. The Labute approximate surface area is 141 Å². The van der Waals surface area contributed by atoms with Crippen LogP contribution in [0.3, 0.4) is 0 Å². The van der Waals surface area contributed by atoms with Crippen molar-refractivity contribution in [2.45, 2.75) is 26.7 Å². The molecular weight excluding hydrogens is 310 g/mol. The fourth-order valence-electron chi connectivity index (χ4n) is 2.56. The number of methoxy groups -OCH3 is 3. The molecule has 0 fully saturated rings. The fourth-order valence-corrected chi connectivity index (χ4v) is 2.56. The molecule has 0 bridgehead atoms. The smallest absolute Gasteiger partial charge is 0.224 e. The predicted molar refractivity (Wildman–Crippen MR) is 91.1 cm³/mol. The van der Waals surface area contributed by atoms with Gasteiger partial charge < -0.3 is 19.5 Å². The molecule has 24 heavy (non-hydrogen) atoms. The van der Waals surface area contributed by atoms with Gasteiger partial charge in [0.25, 0.3) is 0 Å². The molecule has 7 heteroatoms. The molecule has 0 unspecified atom stereocenters. The van der Waals surface area contributed by atoms with Crippen LogP contribution in [0.2, 0.25) is 0 Å². The maximum Gasteiger partial charge on any atom is 0.224 e. The van der Waals surface area contributed by atoms with Gasteiger partial charge in [-0.1, -0.05) is 0 Å². The molecule has 2 N–H and O–H groups in total. The van der Waals surface area contributed by atoms with Crippen LogP contribution in [0.15, 0.2) is 12.1 Å². The highest BCUT2D eigenvalue weighted by atomic mass is 16.5. The van der Waals surface area contributed by atoms with Gasteiger partial charge in [0.15, 0.2) is 11.5 Å². The Kier molecular flexibility index (Phi) is 5.68. The van der Waals surface area contributed by atoms with E-state index >= 15 is 0 Å². The lowest BCUT2D eigenvalue weighted by molar-refractivity contribution is -0.116. The van der Waals surface area contributed by atoms with Gasteiger partial charge in [0, 0.05) is 29.9 Å².